The van der Waals surface area contributed by atoms with Crippen LogP contribution in [-0.4, -0.2) is 37.8 Å². The number of pyridine rings is 1. The molecule has 0 amide bonds. The lowest BCUT2D eigenvalue weighted by Crippen LogP contribution is -2.33. The Labute approximate surface area is 153 Å². The number of aliphatic hydroxyl groups excluding tert-OH is 1. The number of aromatic nitrogens is 2. The van der Waals surface area contributed by atoms with E-state index in [4.69, 9.17) is 12.2 Å². The Hall–Kier alpha value is -1.92. The fourth-order valence-electron chi connectivity index (χ4n) is 4.25. The van der Waals surface area contributed by atoms with E-state index in [9.17, 15) is 5.11 Å². The number of hydrogen-bond donors (Lipinski definition) is 2. The summed E-state index contributed by atoms with van der Waals surface area (Å²) in [6, 6.07) is 10.9. The Balaban J connectivity index is 1.74. The highest BCUT2D eigenvalue weighted by molar-refractivity contribution is 7.80. The number of nitrogens with one attached hydrogen (secondary N) is 1. The van der Waals surface area contributed by atoms with Crippen molar-refractivity contribution in [2.75, 3.05) is 13.2 Å². The van der Waals surface area contributed by atoms with E-state index in [0.717, 1.165) is 5.69 Å². The normalized spacial score (nSPS) is 24.0. The molecule has 1 saturated carbocycles. The molecule has 25 heavy (non-hydrogen) atoms. The maximum atomic E-state index is 9.55. The third kappa shape index (κ3) is 3.04. The van der Waals surface area contributed by atoms with Gasteiger partial charge in [-0.15, -0.1) is 0 Å². The first kappa shape index (κ1) is 16.5. The van der Waals surface area contributed by atoms with Crippen molar-refractivity contribution in [3.63, 3.8) is 0 Å². The van der Waals surface area contributed by atoms with Crippen molar-refractivity contribution in [3.05, 3.63) is 54.1 Å². The number of β-amino-alcohol motifs (C(OH)–C–C–N with tert-alkyl or cyclic N) is 1. The second-order valence-electron chi connectivity index (χ2n) is 6.82. The summed E-state index contributed by atoms with van der Waals surface area (Å²) in [7, 11) is 0. The molecule has 6 heteroatoms. The lowest BCUT2D eigenvalue weighted by Gasteiger charge is -2.30. The van der Waals surface area contributed by atoms with Gasteiger partial charge in [0.15, 0.2) is 5.11 Å². The van der Waals surface area contributed by atoms with Crippen LogP contribution < -0.4 is 5.32 Å². The molecule has 1 aliphatic heterocycles. The highest BCUT2D eigenvalue weighted by Crippen LogP contribution is 2.41. The van der Waals surface area contributed by atoms with E-state index in [1.807, 2.05) is 24.4 Å². The predicted molar refractivity (Wildman–Crippen MR) is 101 cm³/mol. The van der Waals surface area contributed by atoms with Crippen LogP contribution in [0.4, 0.5) is 0 Å². The van der Waals surface area contributed by atoms with Gasteiger partial charge < -0.3 is 19.9 Å². The van der Waals surface area contributed by atoms with Gasteiger partial charge in [0.25, 0.3) is 0 Å². The maximum Gasteiger partial charge on any atom is 0.170 e. The molecule has 1 aliphatic carbocycles. The molecular weight excluding hydrogens is 332 g/mol. The third-order valence-electron chi connectivity index (χ3n) is 5.37. The van der Waals surface area contributed by atoms with Gasteiger partial charge in [0.1, 0.15) is 0 Å². The van der Waals surface area contributed by atoms with Gasteiger partial charge in [-0.05, 0) is 49.3 Å². The van der Waals surface area contributed by atoms with Crippen LogP contribution >= 0.6 is 12.2 Å². The SMILES string of the molecule is OCCN1C(=S)N[C@H](c2ccccn2)[C@H]1c1cccn1C1CCCC1. The fourth-order valence-corrected chi connectivity index (χ4v) is 4.58. The molecule has 0 bridgehead atoms. The second-order valence-corrected chi connectivity index (χ2v) is 7.21. The van der Waals surface area contributed by atoms with Crippen molar-refractivity contribution in [2.45, 2.75) is 43.8 Å². The monoisotopic (exact) mass is 356 g/mol. The highest BCUT2D eigenvalue weighted by atomic mass is 32.1. The van der Waals surface area contributed by atoms with Gasteiger partial charge >= 0.3 is 0 Å². The Morgan fingerprint density at radius 2 is 2.04 bits per heavy atom. The number of aliphatic hydroxyl groups is 1. The molecule has 0 unspecified atom stereocenters. The Kier molecular flexibility index (Phi) is 4.72. The Bertz CT molecular complexity index is 726. The fraction of sp³-hybridized carbons (Fsp3) is 0.474. The summed E-state index contributed by atoms with van der Waals surface area (Å²) >= 11 is 5.58. The molecule has 4 rings (SSSR count). The maximum absolute atomic E-state index is 9.55. The predicted octanol–water partition coefficient (Wildman–Crippen LogP) is 2.96. The standard InChI is InChI=1S/C19H24N4OS/c24-13-12-23-18(16-9-5-11-22(16)14-6-1-2-7-14)17(21-19(23)25)15-8-3-4-10-20-15/h3-5,8-11,14,17-18,24H,1-2,6-7,12-13H2,(H,21,25)/t17-,18-/m1/s1. The van der Waals surface area contributed by atoms with Crippen LogP contribution in [0.2, 0.25) is 0 Å². The van der Waals surface area contributed by atoms with Crippen molar-refractivity contribution in [3.8, 4) is 0 Å². The van der Waals surface area contributed by atoms with Crippen LogP contribution in [0.25, 0.3) is 0 Å². The van der Waals surface area contributed by atoms with E-state index >= 15 is 0 Å². The molecule has 5 nitrogen and oxygen atoms in total. The van der Waals surface area contributed by atoms with E-state index in [0.29, 0.717) is 17.7 Å². The summed E-state index contributed by atoms with van der Waals surface area (Å²) in [5.74, 6) is 0. The van der Waals surface area contributed by atoms with Gasteiger partial charge in [0.2, 0.25) is 0 Å². The number of thiocarbonyl (C=S) groups is 1. The third-order valence-corrected chi connectivity index (χ3v) is 5.72. The molecule has 132 valence electrons. The molecule has 3 heterocycles. The lowest BCUT2D eigenvalue weighted by molar-refractivity contribution is 0.217. The molecular formula is C19H24N4OS. The highest BCUT2D eigenvalue weighted by Gasteiger charge is 2.41. The van der Waals surface area contributed by atoms with Crippen molar-refractivity contribution < 1.29 is 5.11 Å². The van der Waals surface area contributed by atoms with Crippen LogP contribution in [0, 0.1) is 0 Å². The molecule has 2 aromatic rings. The molecule has 2 aromatic heterocycles. The molecule has 0 radical (unpaired) electrons. The second kappa shape index (κ2) is 7.14. The lowest BCUT2D eigenvalue weighted by atomic mass is 10.0. The van der Waals surface area contributed by atoms with Gasteiger partial charge in [-0.25, -0.2) is 0 Å². The molecule has 0 spiro atoms. The Morgan fingerprint density at radius 1 is 1.20 bits per heavy atom. The van der Waals surface area contributed by atoms with E-state index < -0.39 is 0 Å². The van der Waals surface area contributed by atoms with E-state index in [2.05, 4.69) is 38.1 Å². The summed E-state index contributed by atoms with van der Waals surface area (Å²) in [5, 5.41) is 13.7. The van der Waals surface area contributed by atoms with Crippen LogP contribution in [0.1, 0.15) is 55.2 Å². The zero-order valence-corrected chi connectivity index (χ0v) is 15.0. The Morgan fingerprint density at radius 3 is 2.76 bits per heavy atom. The number of hydrogen-bond acceptors (Lipinski definition) is 3. The van der Waals surface area contributed by atoms with Gasteiger partial charge in [0.05, 0.1) is 24.4 Å². The molecule has 2 aliphatic rings. The quantitative estimate of drug-likeness (QED) is 0.807. The van der Waals surface area contributed by atoms with E-state index in [1.165, 1.54) is 31.4 Å². The molecule has 2 fully saturated rings. The summed E-state index contributed by atoms with van der Waals surface area (Å²) in [6.45, 7) is 0.604. The van der Waals surface area contributed by atoms with Gasteiger partial charge in [-0.1, -0.05) is 18.9 Å². The largest absolute Gasteiger partial charge is 0.395 e. The summed E-state index contributed by atoms with van der Waals surface area (Å²) in [5.41, 5.74) is 2.23. The first-order valence-corrected chi connectivity index (χ1v) is 9.46. The van der Waals surface area contributed by atoms with Crippen molar-refractivity contribution in [1.82, 2.24) is 19.8 Å². The molecule has 2 atom stereocenters. The topological polar surface area (TPSA) is 53.3 Å². The smallest absolute Gasteiger partial charge is 0.170 e. The van der Waals surface area contributed by atoms with Crippen LogP contribution in [0.5, 0.6) is 0 Å². The first-order chi connectivity index (χ1) is 12.3. The summed E-state index contributed by atoms with van der Waals surface area (Å²) in [4.78, 5) is 6.66. The molecule has 2 N–H and O–H groups in total. The first-order valence-electron chi connectivity index (χ1n) is 9.05. The number of nitrogens with zero attached hydrogens (tertiary/aromatic N) is 3. The van der Waals surface area contributed by atoms with Crippen LogP contribution in [0.3, 0.4) is 0 Å². The minimum absolute atomic E-state index is 0.00435. The average molecular weight is 356 g/mol. The van der Waals surface area contributed by atoms with Gasteiger partial charge in [-0.2, -0.15) is 0 Å². The molecule has 1 saturated heterocycles. The molecule has 0 aromatic carbocycles. The van der Waals surface area contributed by atoms with E-state index in [1.54, 1.807) is 0 Å². The summed E-state index contributed by atoms with van der Waals surface area (Å²) in [6.07, 6.45) is 9.09. The minimum Gasteiger partial charge on any atom is -0.395 e. The van der Waals surface area contributed by atoms with Crippen molar-refractivity contribution in [1.29, 1.82) is 0 Å². The minimum atomic E-state index is -0.00435. The van der Waals surface area contributed by atoms with Gasteiger partial charge in [0, 0.05) is 30.7 Å². The van der Waals surface area contributed by atoms with Crippen molar-refractivity contribution in [2.24, 2.45) is 0 Å². The zero-order valence-electron chi connectivity index (χ0n) is 14.2. The average Bonchev–Trinajstić information content (AvgIpc) is 3.36. The van der Waals surface area contributed by atoms with Crippen molar-refractivity contribution >= 4 is 17.3 Å². The van der Waals surface area contributed by atoms with Gasteiger partial charge in [-0.3, -0.25) is 4.98 Å². The summed E-state index contributed by atoms with van der Waals surface area (Å²) < 4.78 is 2.42. The van der Waals surface area contributed by atoms with Crippen LogP contribution in [0.15, 0.2) is 42.7 Å². The number of rotatable bonds is 5. The van der Waals surface area contributed by atoms with E-state index in [-0.39, 0.29) is 18.7 Å². The van der Waals surface area contributed by atoms with Crippen LogP contribution in [-0.2, 0) is 0 Å². The zero-order chi connectivity index (χ0) is 17.2.